The van der Waals surface area contributed by atoms with Crippen molar-refractivity contribution in [1.82, 2.24) is 0 Å². The van der Waals surface area contributed by atoms with Gasteiger partial charge in [-0.3, -0.25) is 4.79 Å². The predicted octanol–water partition coefficient (Wildman–Crippen LogP) is 3.48. The van der Waals surface area contributed by atoms with Crippen LogP contribution < -0.4 is 16.8 Å². The first-order valence-corrected chi connectivity index (χ1v) is 6.90. The molecule has 0 aliphatic rings. The van der Waals surface area contributed by atoms with E-state index in [1.165, 1.54) is 0 Å². The summed E-state index contributed by atoms with van der Waals surface area (Å²) in [5.74, 6) is -0.225. The Morgan fingerprint density at radius 3 is 2.00 bits per heavy atom. The lowest BCUT2D eigenvalue weighted by molar-refractivity contribution is 0.102. The Labute approximate surface area is 126 Å². The molecule has 0 saturated heterocycles. The van der Waals surface area contributed by atoms with Gasteiger partial charge in [0.15, 0.2) is 0 Å². The molecule has 0 saturated carbocycles. The molecule has 2 aromatic carbocycles. The fourth-order valence-corrected chi connectivity index (χ4v) is 2.79. The standard InChI is InChI=1S/C15H16BrN3O/c1-8-3-11(16)4-9(2)14(8)19-15(20)10-5-12(17)7-13(18)6-10/h3-7H,17-18H2,1-2H3,(H,19,20). The van der Waals surface area contributed by atoms with Gasteiger partial charge in [0.05, 0.1) is 0 Å². The lowest BCUT2D eigenvalue weighted by Crippen LogP contribution is -2.14. The predicted molar refractivity (Wildman–Crippen MR) is 86.8 cm³/mol. The Morgan fingerprint density at radius 2 is 1.50 bits per heavy atom. The van der Waals surface area contributed by atoms with Crippen molar-refractivity contribution < 1.29 is 4.79 Å². The Hall–Kier alpha value is -2.01. The number of rotatable bonds is 2. The number of hydrogen-bond acceptors (Lipinski definition) is 3. The van der Waals surface area contributed by atoms with E-state index >= 15 is 0 Å². The van der Waals surface area contributed by atoms with Gasteiger partial charge in [-0.05, 0) is 55.3 Å². The van der Waals surface area contributed by atoms with E-state index in [1.807, 2.05) is 26.0 Å². The maximum Gasteiger partial charge on any atom is 0.255 e. The van der Waals surface area contributed by atoms with Gasteiger partial charge < -0.3 is 16.8 Å². The second-order valence-corrected chi connectivity index (χ2v) is 5.67. The quantitative estimate of drug-likeness (QED) is 0.736. The third-order valence-corrected chi connectivity index (χ3v) is 3.43. The highest BCUT2D eigenvalue weighted by molar-refractivity contribution is 9.10. The second-order valence-electron chi connectivity index (χ2n) is 4.76. The smallest absolute Gasteiger partial charge is 0.255 e. The van der Waals surface area contributed by atoms with Crippen LogP contribution in [0.3, 0.4) is 0 Å². The summed E-state index contributed by atoms with van der Waals surface area (Å²) in [6.45, 7) is 3.89. The molecule has 1 amide bonds. The van der Waals surface area contributed by atoms with Crippen LogP contribution in [0, 0.1) is 13.8 Å². The van der Waals surface area contributed by atoms with Gasteiger partial charge in [-0.25, -0.2) is 0 Å². The lowest BCUT2D eigenvalue weighted by Gasteiger charge is -2.13. The maximum absolute atomic E-state index is 12.3. The molecule has 0 fully saturated rings. The van der Waals surface area contributed by atoms with Crippen molar-refractivity contribution in [2.45, 2.75) is 13.8 Å². The highest BCUT2D eigenvalue weighted by Gasteiger charge is 2.11. The van der Waals surface area contributed by atoms with Gasteiger partial charge in [0.25, 0.3) is 5.91 Å². The van der Waals surface area contributed by atoms with Crippen molar-refractivity contribution in [3.63, 3.8) is 0 Å². The summed E-state index contributed by atoms with van der Waals surface area (Å²) >= 11 is 3.43. The van der Waals surface area contributed by atoms with Crippen LogP contribution in [-0.2, 0) is 0 Å². The van der Waals surface area contributed by atoms with Gasteiger partial charge in [0.1, 0.15) is 0 Å². The van der Waals surface area contributed by atoms with Crippen molar-refractivity contribution in [1.29, 1.82) is 0 Å². The molecule has 2 rings (SSSR count). The molecule has 0 aliphatic carbocycles. The van der Waals surface area contributed by atoms with Crippen LogP contribution in [0.2, 0.25) is 0 Å². The average Bonchev–Trinajstić information content (AvgIpc) is 2.32. The minimum Gasteiger partial charge on any atom is -0.399 e. The zero-order valence-electron chi connectivity index (χ0n) is 11.3. The normalized spacial score (nSPS) is 10.3. The first-order chi connectivity index (χ1) is 9.36. The third kappa shape index (κ3) is 3.11. The van der Waals surface area contributed by atoms with E-state index in [4.69, 9.17) is 11.5 Å². The fourth-order valence-electron chi connectivity index (χ4n) is 2.10. The van der Waals surface area contributed by atoms with Gasteiger partial charge in [0.2, 0.25) is 0 Å². The van der Waals surface area contributed by atoms with E-state index in [1.54, 1.807) is 18.2 Å². The van der Waals surface area contributed by atoms with Crippen LogP contribution >= 0.6 is 15.9 Å². The van der Waals surface area contributed by atoms with Gasteiger partial charge in [-0.1, -0.05) is 15.9 Å². The summed E-state index contributed by atoms with van der Waals surface area (Å²) in [6.07, 6.45) is 0. The van der Waals surface area contributed by atoms with Gasteiger partial charge >= 0.3 is 0 Å². The number of hydrogen-bond donors (Lipinski definition) is 3. The number of aryl methyl sites for hydroxylation is 2. The summed E-state index contributed by atoms with van der Waals surface area (Å²) in [6, 6.07) is 8.74. The van der Waals surface area contributed by atoms with Gasteiger partial charge in [-0.15, -0.1) is 0 Å². The molecule has 0 aliphatic heterocycles. The number of amides is 1. The summed E-state index contributed by atoms with van der Waals surface area (Å²) in [4.78, 5) is 12.3. The Morgan fingerprint density at radius 1 is 1.00 bits per heavy atom. The highest BCUT2D eigenvalue weighted by atomic mass is 79.9. The number of halogens is 1. The number of carbonyl (C=O) groups excluding carboxylic acids is 1. The summed E-state index contributed by atoms with van der Waals surface area (Å²) < 4.78 is 0.985. The summed E-state index contributed by atoms with van der Waals surface area (Å²) in [5.41, 5.74) is 15.6. The average molecular weight is 334 g/mol. The number of nitrogens with one attached hydrogen (secondary N) is 1. The SMILES string of the molecule is Cc1cc(Br)cc(C)c1NC(=O)c1cc(N)cc(N)c1. The van der Waals surface area contributed by atoms with E-state index in [9.17, 15) is 4.79 Å². The van der Waals surface area contributed by atoms with Crippen LogP contribution in [0.15, 0.2) is 34.8 Å². The number of anilines is 3. The van der Waals surface area contributed by atoms with E-state index in [2.05, 4.69) is 21.2 Å². The molecule has 104 valence electrons. The van der Waals surface area contributed by atoms with Crippen molar-refractivity contribution in [3.8, 4) is 0 Å². The Kier molecular flexibility index (Phi) is 3.99. The van der Waals surface area contributed by atoms with Crippen molar-refractivity contribution in [2.75, 3.05) is 16.8 Å². The Bertz CT molecular complexity index is 640. The van der Waals surface area contributed by atoms with Crippen LogP contribution in [-0.4, -0.2) is 5.91 Å². The zero-order valence-corrected chi connectivity index (χ0v) is 12.9. The van der Waals surface area contributed by atoms with E-state index < -0.39 is 0 Å². The largest absolute Gasteiger partial charge is 0.399 e. The zero-order chi connectivity index (χ0) is 14.9. The van der Waals surface area contributed by atoms with E-state index in [0.29, 0.717) is 16.9 Å². The fraction of sp³-hybridized carbons (Fsp3) is 0.133. The first-order valence-electron chi connectivity index (χ1n) is 6.11. The highest BCUT2D eigenvalue weighted by Crippen LogP contribution is 2.26. The Balaban J connectivity index is 2.32. The molecule has 5 heteroatoms. The topological polar surface area (TPSA) is 81.1 Å². The van der Waals surface area contributed by atoms with Crippen molar-refractivity contribution >= 4 is 38.9 Å². The molecule has 0 heterocycles. The number of nitrogens with two attached hydrogens (primary N) is 2. The minimum atomic E-state index is -0.225. The van der Waals surface area contributed by atoms with Crippen LogP contribution in [0.5, 0.6) is 0 Å². The second kappa shape index (κ2) is 5.54. The molecule has 0 bridgehead atoms. The molecule has 0 aromatic heterocycles. The third-order valence-electron chi connectivity index (χ3n) is 2.98. The molecular formula is C15H16BrN3O. The van der Waals surface area contributed by atoms with Crippen molar-refractivity contribution in [2.24, 2.45) is 0 Å². The summed E-state index contributed by atoms with van der Waals surface area (Å²) in [7, 11) is 0. The lowest BCUT2D eigenvalue weighted by atomic mass is 10.1. The van der Waals surface area contributed by atoms with E-state index in [0.717, 1.165) is 21.3 Å². The monoisotopic (exact) mass is 333 g/mol. The van der Waals surface area contributed by atoms with Gasteiger partial charge in [0, 0.05) is 27.1 Å². The molecule has 4 nitrogen and oxygen atoms in total. The molecule has 20 heavy (non-hydrogen) atoms. The van der Waals surface area contributed by atoms with Gasteiger partial charge in [-0.2, -0.15) is 0 Å². The maximum atomic E-state index is 12.3. The van der Waals surface area contributed by atoms with Crippen LogP contribution in [0.4, 0.5) is 17.1 Å². The molecule has 2 aromatic rings. The molecular weight excluding hydrogens is 318 g/mol. The van der Waals surface area contributed by atoms with Crippen LogP contribution in [0.25, 0.3) is 0 Å². The van der Waals surface area contributed by atoms with Crippen molar-refractivity contribution in [3.05, 3.63) is 51.5 Å². The minimum absolute atomic E-state index is 0.225. The number of carbonyl (C=O) groups is 1. The molecule has 0 atom stereocenters. The number of benzene rings is 2. The molecule has 5 N–H and O–H groups in total. The molecule has 0 unspecified atom stereocenters. The first kappa shape index (κ1) is 14.4. The van der Waals surface area contributed by atoms with E-state index in [-0.39, 0.29) is 5.91 Å². The summed E-state index contributed by atoms with van der Waals surface area (Å²) in [5, 5.41) is 2.91. The van der Waals surface area contributed by atoms with Crippen LogP contribution in [0.1, 0.15) is 21.5 Å². The number of nitrogen functional groups attached to an aromatic ring is 2. The molecule has 0 spiro atoms. The molecule has 0 radical (unpaired) electrons.